The van der Waals surface area contributed by atoms with Gasteiger partial charge in [-0.05, 0) is 49.6 Å². The maximum Gasteiger partial charge on any atom is 0.263 e. The van der Waals surface area contributed by atoms with Crippen molar-refractivity contribution in [2.45, 2.75) is 44.4 Å². The highest BCUT2D eigenvalue weighted by Crippen LogP contribution is 2.39. The summed E-state index contributed by atoms with van der Waals surface area (Å²) < 4.78 is 0. The smallest absolute Gasteiger partial charge is 0.263 e. The number of hydrogen-bond donors (Lipinski definition) is 1. The lowest BCUT2D eigenvalue weighted by atomic mass is 9.69. The predicted octanol–water partition coefficient (Wildman–Crippen LogP) is 5.80. The van der Waals surface area contributed by atoms with Crippen LogP contribution in [0.5, 0.6) is 0 Å². The first-order valence-electron chi connectivity index (χ1n) is 9.99. The predicted molar refractivity (Wildman–Crippen MR) is 119 cm³/mol. The normalized spacial score (nSPS) is 15.8. The quantitative estimate of drug-likeness (QED) is 0.562. The molecule has 1 aliphatic rings. The molecule has 0 radical (unpaired) electrons. The molecule has 1 saturated carbocycles. The van der Waals surface area contributed by atoms with Gasteiger partial charge in [-0.2, -0.15) is 0 Å². The molecule has 4 rings (SSSR count). The molecule has 2 aromatic heterocycles. The summed E-state index contributed by atoms with van der Waals surface area (Å²) in [5.74, 6) is -0.0472. The lowest BCUT2D eigenvalue weighted by Gasteiger charge is -2.38. The van der Waals surface area contributed by atoms with Crippen molar-refractivity contribution < 1.29 is 4.79 Å². The first-order chi connectivity index (χ1) is 14.1. The molecular formula is C23H24ClN3OS. The standard InChI is InChI=1S/C23H24ClN3OS/c1-16-20(29-22(27-16)17-6-5-13-25-14-17)21(28)26-15-23(11-3-2-4-12-23)18-7-9-19(24)10-8-18/h5-10,13-14H,2-4,11-12,15H2,1H3,(H,26,28). The minimum atomic E-state index is -0.0472. The first kappa shape index (κ1) is 20.0. The second-order valence-electron chi connectivity index (χ2n) is 7.71. The van der Waals surface area contributed by atoms with Crippen molar-refractivity contribution in [3.8, 4) is 10.6 Å². The fourth-order valence-corrected chi connectivity index (χ4v) is 5.25. The van der Waals surface area contributed by atoms with Gasteiger partial charge in [0.25, 0.3) is 5.91 Å². The highest BCUT2D eigenvalue weighted by molar-refractivity contribution is 7.17. The SMILES string of the molecule is Cc1nc(-c2cccnc2)sc1C(=O)NCC1(c2ccc(Cl)cc2)CCCCC1. The van der Waals surface area contributed by atoms with Crippen LogP contribution < -0.4 is 5.32 Å². The summed E-state index contributed by atoms with van der Waals surface area (Å²) in [6, 6.07) is 12.0. The van der Waals surface area contributed by atoms with Crippen molar-refractivity contribution in [1.29, 1.82) is 0 Å². The minimum absolute atomic E-state index is 0.0245. The second-order valence-corrected chi connectivity index (χ2v) is 9.14. The average Bonchev–Trinajstić information content (AvgIpc) is 3.15. The fourth-order valence-electron chi connectivity index (χ4n) is 4.15. The summed E-state index contributed by atoms with van der Waals surface area (Å²) in [7, 11) is 0. The molecule has 4 nitrogen and oxygen atoms in total. The molecule has 1 aliphatic carbocycles. The molecule has 0 bridgehead atoms. The third-order valence-corrected chi connectivity index (χ3v) is 7.22. The molecule has 1 fully saturated rings. The number of pyridine rings is 1. The number of carbonyl (C=O) groups is 1. The van der Waals surface area contributed by atoms with E-state index in [1.807, 2.05) is 31.2 Å². The Labute approximate surface area is 180 Å². The summed E-state index contributed by atoms with van der Waals surface area (Å²) >= 11 is 7.52. The number of thiazole rings is 1. The molecule has 0 aliphatic heterocycles. The van der Waals surface area contributed by atoms with Crippen molar-refractivity contribution >= 4 is 28.8 Å². The number of nitrogens with one attached hydrogen (secondary N) is 1. The Hall–Kier alpha value is -2.24. The van der Waals surface area contributed by atoms with Crippen molar-refractivity contribution in [2.24, 2.45) is 0 Å². The van der Waals surface area contributed by atoms with E-state index in [0.29, 0.717) is 11.4 Å². The van der Waals surface area contributed by atoms with Crippen LogP contribution >= 0.6 is 22.9 Å². The molecule has 0 saturated heterocycles. The molecule has 29 heavy (non-hydrogen) atoms. The van der Waals surface area contributed by atoms with Crippen molar-refractivity contribution in [1.82, 2.24) is 15.3 Å². The number of halogens is 1. The number of aromatic nitrogens is 2. The Balaban J connectivity index is 1.53. The lowest BCUT2D eigenvalue weighted by Crippen LogP contribution is -2.42. The number of hydrogen-bond acceptors (Lipinski definition) is 4. The molecular weight excluding hydrogens is 402 g/mol. The monoisotopic (exact) mass is 425 g/mol. The van der Waals surface area contributed by atoms with Gasteiger partial charge in [0.2, 0.25) is 0 Å². The Morgan fingerprint density at radius 1 is 1.17 bits per heavy atom. The zero-order valence-corrected chi connectivity index (χ0v) is 18.0. The maximum atomic E-state index is 13.0. The van der Waals surface area contributed by atoms with Gasteiger partial charge in [0.05, 0.1) is 5.69 Å². The van der Waals surface area contributed by atoms with Gasteiger partial charge in [-0.3, -0.25) is 9.78 Å². The van der Waals surface area contributed by atoms with Gasteiger partial charge in [-0.1, -0.05) is 43.0 Å². The minimum Gasteiger partial charge on any atom is -0.350 e. The Morgan fingerprint density at radius 3 is 2.62 bits per heavy atom. The highest BCUT2D eigenvalue weighted by Gasteiger charge is 2.34. The zero-order valence-electron chi connectivity index (χ0n) is 16.5. The van der Waals surface area contributed by atoms with Crippen LogP contribution in [0.2, 0.25) is 5.02 Å². The number of rotatable bonds is 5. The summed E-state index contributed by atoms with van der Waals surface area (Å²) in [6.45, 7) is 2.52. The van der Waals surface area contributed by atoms with E-state index >= 15 is 0 Å². The van der Waals surface area contributed by atoms with Crippen LogP contribution in [0.25, 0.3) is 10.6 Å². The molecule has 3 aromatic rings. The van der Waals surface area contributed by atoms with E-state index in [1.54, 1.807) is 12.4 Å². The van der Waals surface area contributed by atoms with E-state index in [0.717, 1.165) is 34.1 Å². The van der Waals surface area contributed by atoms with E-state index in [-0.39, 0.29) is 11.3 Å². The molecule has 0 spiro atoms. The van der Waals surface area contributed by atoms with Crippen LogP contribution in [0.1, 0.15) is 53.0 Å². The van der Waals surface area contributed by atoms with Gasteiger partial charge in [0, 0.05) is 34.9 Å². The highest BCUT2D eigenvalue weighted by atomic mass is 35.5. The average molecular weight is 426 g/mol. The van der Waals surface area contributed by atoms with Crippen LogP contribution in [-0.4, -0.2) is 22.4 Å². The van der Waals surface area contributed by atoms with Gasteiger partial charge in [0.15, 0.2) is 0 Å². The van der Waals surface area contributed by atoms with Gasteiger partial charge < -0.3 is 5.32 Å². The molecule has 1 N–H and O–H groups in total. The van der Waals surface area contributed by atoms with Gasteiger partial charge in [-0.15, -0.1) is 11.3 Å². The molecule has 0 unspecified atom stereocenters. The van der Waals surface area contributed by atoms with Crippen LogP contribution in [0.4, 0.5) is 0 Å². The van der Waals surface area contributed by atoms with E-state index < -0.39 is 0 Å². The largest absolute Gasteiger partial charge is 0.350 e. The molecule has 150 valence electrons. The summed E-state index contributed by atoms with van der Waals surface area (Å²) in [4.78, 5) is 22.4. The van der Waals surface area contributed by atoms with Gasteiger partial charge >= 0.3 is 0 Å². The number of nitrogens with zero attached hydrogens (tertiary/aromatic N) is 2. The van der Waals surface area contributed by atoms with Crippen LogP contribution in [-0.2, 0) is 5.41 Å². The maximum absolute atomic E-state index is 13.0. The second kappa shape index (κ2) is 8.64. The number of aryl methyl sites for hydroxylation is 1. The molecule has 0 atom stereocenters. The number of benzene rings is 1. The van der Waals surface area contributed by atoms with E-state index in [9.17, 15) is 4.79 Å². The molecule has 1 amide bonds. The van der Waals surface area contributed by atoms with Crippen LogP contribution in [0.15, 0.2) is 48.8 Å². The third-order valence-electron chi connectivity index (χ3n) is 5.77. The number of carbonyl (C=O) groups excluding carboxylic acids is 1. The van der Waals surface area contributed by atoms with Gasteiger partial charge in [0.1, 0.15) is 9.88 Å². The van der Waals surface area contributed by atoms with E-state index in [1.165, 1.54) is 36.2 Å². The topological polar surface area (TPSA) is 54.9 Å². The Morgan fingerprint density at radius 2 is 1.93 bits per heavy atom. The first-order valence-corrected chi connectivity index (χ1v) is 11.2. The summed E-state index contributed by atoms with van der Waals surface area (Å²) in [6.07, 6.45) is 9.29. The lowest BCUT2D eigenvalue weighted by molar-refractivity contribution is 0.0940. The molecule has 1 aromatic carbocycles. The van der Waals surface area contributed by atoms with E-state index in [2.05, 4.69) is 27.4 Å². The van der Waals surface area contributed by atoms with Crippen LogP contribution in [0.3, 0.4) is 0 Å². The summed E-state index contributed by atoms with van der Waals surface area (Å²) in [5, 5.41) is 4.78. The van der Waals surface area contributed by atoms with Crippen LogP contribution in [0, 0.1) is 6.92 Å². The van der Waals surface area contributed by atoms with Crippen molar-refractivity contribution in [3.63, 3.8) is 0 Å². The summed E-state index contributed by atoms with van der Waals surface area (Å²) in [5.41, 5.74) is 2.93. The van der Waals surface area contributed by atoms with Crippen molar-refractivity contribution in [3.05, 3.63) is 69.9 Å². The van der Waals surface area contributed by atoms with Gasteiger partial charge in [-0.25, -0.2) is 4.98 Å². The number of amides is 1. The Kier molecular flexibility index (Phi) is 5.97. The van der Waals surface area contributed by atoms with Crippen molar-refractivity contribution in [2.75, 3.05) is 6.54 Å². The fraction of sp³-hybridized carbons (Fsp3) is 0.348. The molecule has 6 heteroatoms. The van der Waals surface area contributed by atoms with E-state index in [4.69, 9.17) is 11.6 Å². The Bertz CT molecular complexity index is 979. The molecule has 2 heterocycles. The third kappa shape index (κ3) is 4.36. The zero-order chi connectivity index (χ0) is 20.3.